The van der Waals surface area contributed by atoms with E-state index in [9.17, 15) is 0 Å². The molecule has 0 aromatic heterocycles. The van der Waals surface area contributed by atoms with Gasteiger partial charge in [0.25, 0.3) is 0 Å². The Morgan fingerprint density at radius 2 is 1.79 bits per heavy atom. The fourth-order valence-corrected chi connectivity index (χ4v) is 5.04. The highest BCUT2D eigenvalue weighted by Gasteiger charge is 2.44. The van der Waals surface area contributed by atoms with Crippen LogP contribution in [0.2, 0.25) is 5.02 Å². The molecule has 3 heteroatoms. The van der Waals surface area contributed by atoms with E-state index >= 15 is 0 Å². The summed E-state index contributed by atoms with van der Waals surface area (Å²) in [4.78, 5) is 0. The van der Waals surface area contributed by atoms with Crippen molar-refractivity contribution in [2.24, 2.45) is 17.3 Å². The molecule has 0 radical (unpaired) electrons. The number of fused-ring (bicyclic) bond motifs is 1. The summed E-state index contributed by atoms with van der Waals surface area (Å²) in [6, 6.07) is 11.4. The van der Waals surface area contributed by atoms with Crippen LogP contribution >= 0.6 is 11.6 Å². The second-order valence-electron chi connectivity index (χ2n) is 9.82. The van der Waals surface area contributed by atoms with E-state index in [2.05, 4.69) is 57.3 Å². The summed E-state index contributed by atoms with van der Waals surface area (Å²) in [5, 5.41) is 6.79. The summed E-state index contributed by atoms with van der Waals surface area (Å²) in [7, 11) is 0. The molecule has 0 spiro atoms. The van der Waals surface area contributed by atoms with Crippen LogP contribution in [0.3, 0.4) is 0 Å². The van der Waals surface area contributed by atoms with Crippen molar-refractivity contribution in [1.82, 2.24) is 5.32 Å². The van der Waals surface area contributed by atoms with Crippen LogP contribution in [0.15, 0.2) is 30.3 Å². The third kappa shape index (κ3) is 3.91. The van der Waals surface area contributed by atoms with Crippen LogP contribution in [0.5, 0.6) is 5.75 Å². The fourth-order valence-electron chi connectivity index (χ4n) is 4.77. The van der Waals surface area contributed by atoms with Gasteiger partial charge < -0.3 is 10.1 Å². The molecule has 2 aromatic carbocycles. The molecule has 0 saturated heterocycles. The second kappa shape index (κ2) is 7.88. The van der Waals surface area contributed by atoms with Crippen molar-refractivity contribution < 1.29 is 4.74 Å². The largest absolute Gasteiger partial charge is 0.489 e. The standard InChI is InChI=1S/C25H34ClNO/c1-16-5-10-20(11-6-16)28-22-12-9-19-8-7-18(14-21(19)24(22)26)15-27-23-13-17(2)25(23,3)4/h7-9,12,14,16-17,20,23,27H,5-6,10-11,13,15H2,1-4H3. The van der Waals surface area contributed by atoms with Crippen LogP contribution in [0.1, 0.15) is 65.4 Å². The van der Waals surface area contributed by atoms with Crippen molar-refractivity contribution in [3.8, 4) is 5.75 Å². The molecule has 2 aliphatic rings. The van der Waals surface area contributed by atoms with E-state index < -0.39 is 0 Å². The molecule has 2 unspecified atom stereocenters. The van der Waals surface area contributed by atoms with Crippen molar-refractivity contribution in [3.05, 3.63) is 40.9 Å². The minimum absolute atomic E-state index is 0.304. The lowest BCUT2D eigenvalue weighted by Crippen LogP contribution is -2.55. The summed E-state index contributed by atoms with van der Waals surface area (Å²) < 4.78 is 6.30. The molecule has 2 atom stereocenters. The smallest absolute Gasteiger partial charge is 0.138 e. The number of hydrogen-bond donors (Lipinski definition) is 1. The Labute approximate surface area is 175 Å². The van der Waals surface area contributed by atoms with Gasteiger partial charge in [0.2, 0.25) is 0 Å². The first-order valence-corrected chi connectivity index (χ1v) is 11.3. The van der Waals surface area contributed by atoms with E-state index in [1.807, 2.05) is 6.07 Å². The number of ether oxygens (including phenoxy) is 1. The molecule has 4 rings (SSSR count). The Morgan fingerprint density at radius 1 is 1.07 bits per heavy atom. The van der Waals surface area contributed by atoms with Crippen molar-refractivity contribution in [2.75, 3.05) is 0 Å². The van der Waals surface area contributed by atoms with E-state index in [0.717, 1.165) is 47.4 Å². The van der Waals surface area contributed by atoms with Crippen LogP contribution < -0.4 is 10.1 Å². The molecule has 2 aliphatic carbocycles. The highest BCUT2D eigenvalue weighted by molar-refractivity contribution is 6.37. The van der Waals surface area contributed by atoms with Crippen LogP contribution in [0, 0.1) is 17.3 Å². The van der Waals surface area contributed by atoms with Gasteiger partial charge in [-0.15, -0.1) is 0 Å². The van der Waals surface area contributed by atoms with Gasteiger partial charge in [-0.2, -0.15) is 0 Å². The van der Waals surface area contributed by atoms with E-state index in [1.165, 1.54) is 30.2 Å². The van der Waals surface area contributed by atoms with Gasteiger partial charge in [-0.3, -0.25) is 0 Å². The number of nitrogens with one attached hydrogen (secondary N) is 1. The highest BCUT2D eigenvalue weighted by atomic mass is 35.5. The third-order valence-electron chi connectivity index (χ3n) is 7.55. The maximum Gasteiger partial charge on any atom is 0.138 e. The number of benzene rings is 2. The molecule has 2 aromatic rings. The number of hydrogen-bond acceptors (Lipinski definition) is 2. The van der Waals surface area contributed by atoms with Gasteiger partial charge in [0, 0.05) is 18.0 Å². The summed E-state index contributed by atoms with van der Waals surface area (Å²) in [6.45, 7) is 10.3. The van der Waals surface area contributed by atoms with E-state index in [1.54, 1.807) is 0 Å². The summed E-state index contributed by atoms with van der Waals surface area (Å²) in [6.07, 6.45) is 6.34. The van der Waals surface area contributed by atoms with Gasteiger partial charge >= 0.3 is 0 Å². The third-order valence-corrected chi connectivity index (χ3v) is 7.94. The minimum Gasteiger partial charge on any atom is -0.489 e. The lowest BCUT2D eigenvalue weighted by molar-refractivity contribution is 0.0264. The number of rotatable bonds is 5. The van der Waals surface area contributed by atoms with Crippen molar-refractivity contribution in [3.63, 3.8) is 0 Å². The zero-order chi connectivity index (χ0) is 19.9. The summed E-state index contributed by atoms with van der Waals surface area (Å²) in [5.41, 5.74) is 1.67. The quantitative estimate of drug-likeness (QED) is 0.585. The first kappa shape index (κ1) is 20.0. The van der Waals surface area contributed by atoms with E-state index in [0.29, 0.717) is 17.6 Å². The van der Waals surface area contributed by atoms with Crippen LogP contribution in [0.25, 0.3) is 10.8 Å². The molecule has 2 saturated carbocycles. The van der Waals surface area contributed by atoms with Crippen molar-refractivity contribution in [1.29, 1.82) is 0 Å². The Morgan fingerprint density at radius 3 is 2.46 bits per heavy atom. The molecular weight excluding hydrogens is 366 g/mol. The average molecular weight is 400 g/mol. The first-order chi connectivity index (χ1) is 13.3. The van der Waals surface area contributed by atoms with Gasteiger partial charge in [-0.05, 0) is 72.4 Å². The predicted molar refractivity (Wildman–Crippen MR) is 119 cm³/mol. The van der Waals surface area contributed by atoms with Crippen molar-refractivity contribution in [2.45, 2.75) is 78.5 Å². The molecule has 0 amide bonds. The van der Waals surface area contributed by atoms with E-state index in [-0.39, 0.29) is 0 Å². The lowest BCUT2D eigenvalue weighted by Gasteiger charge is -2.51. The Bertz CT molecular complexity index is 838. The SMILES string of the molecule is CC1CCC(Oc2ccc3ccc(CNC4CC(C)C4(C)C)cc3c2Cl)CC1. The van der Waals surface area contributed by atoms with E-state index in [4.69, 9.17) is 16.3 Å². The lowest BCUT2D eigenvalue weighted by atomic mass is 9.59. The summed E-state index contributed by atoms with van der Waals surface area (Å²) in [5.74, 6) is 2.46. The van der Waals surface area contributed by atoms with Gasteiger partial charge in [-0.1, -0.05) is 57.5 Å². The maximum absolute atomic E-state index is 6.78. The van der Waals surface area contributed by atoms with Crippen LogP contribution in [0.4, 0.5) is 0 Å². The van der Waals surface area contributed by atoms with Gasteiger partial charge in [-0.25, -0.2) is 0 Å². The molecule has 28 heavy (non-hydrogen) atoms. The van der Waals surface area contributed by atoms with Gasteiger partial charge in [0.15, 0.2) is 0 Å². The monoisotopic (exact) mass is 399 g/mol. The predicted octanol–water partition coefficient (Wildman–Crippen LogP) is 6.97. The molecule has 2 nitrogen and oxygen atoms in total. The summed E-state index contributed by atoms with van der Waals surface area (Å²) >= 11 is 6.78. The minimum atomic E-state index is 0.304. The number of halogens is 1. The highest BCUT2D eigenvalue weighted by Crippen LogP contribution is 2.45. The average Bonchev–Trinajstić information content (AvgIpc) is 2.69. The molecular formula is C25H34ClNO. The Balaban J connectivity index is 1.47. The molecule has 0 bridgehead atoms. The van der Waals surface area contributed by atoms with Crippen molar-refractivity contribution >= 4 is 22.4 Å². The first-order valence-electron chi connectivity index (χ1n) is 11.0. The Hall–Kier alpha value is -1.25. The van der Waals surface area contributed by atoms with Gasteiger partial charge in [0.05, 0.1) is 11.1 Å². The molecule has 2 fully saturated rings. The molecule has 152 valence electrons. The normalized spacial score (nSPS) is 29.5. The van der Waals surface area contributed by atoms with Crippen LogP contribution in [-0.4, -0.2) is 12.1 Å². The topological polar surface area (TPSA) is 21.3 Å². The fraction of sp³-hybridized carbons (Fsp3) is 0.600. The second-order valence-corrected chi connectivity index (χ2v) is 10.2. The van der Waals surface area contributed by atoms with Gasteiger partial charge in [0.1, 0.15) is 5.75 Å². The molecule has 0 heterocycles. The molecule has 1 N–H and O–H groups in total. The zero-order valence-corrected chi connectivity index (χ0v) is 18.5. The van der Waals surface area contributed by atoms with Crippen LogP contribution in [-0.2, 0) is 6.54 Å². The maximum atomic E-state index is 6.78. The molecule has 0 aliphatic heterocycles. The zero-order valence-electron chi connectivity index (χ0n) is 17.7. The Kier molecular flexibility index (Phi) is 5.64.